The largest absolute Gasteiger partial charge is 0.480 e. The minimum atomic E-state index is -1.17. The van der Waals surface area contributed by atoms with Gasteiger partial charge in [0.05, 0.1) is 6.54 Å². The number of carbonyl (C=O) groups is 2. The maximum atomic E-state index is 13.2. The Kier molecular flexibility index (Phi) is 3.99. The predicted octanol–water partition coefficient (Wildman–Crippen LogP) is 0.378. The maximum absolute atomic E-state index is 13.2. The Morgan fingerprint density at radius 2 is 2.20 bits per heavy atom. The molecule has 1 unspecified atom stereocenters. The van der Waals surface area contributed by atoms with E-state index in [0.717, 1.165) is 0 Å². The number of carbonyl (C=O) groups excluding carboxylic acids is 1. The van der Waals surface area contributed by atoms with Gasteiger partial charge in [-0.2, -0.15) is 0 Å². The molecule has 0 aliphatic rings. The third-order valence-corrected chi connectivity index (χ3v) is 2.97. The Bertz CT molecular complexity index is 653. The van der Waals surface area contributed by atoms with Crippen LogP contribution in [-0.4, -0.2) is 34.6 Å². The molecular formula is C13H14FN3O3. The maximum Gasteiger partial charge on any atom is 0.326 e. The first-order valence-electron chi connectivity index (χ1n) is 5.99. The molecule has 1 amide bonds. The molecule has 1 atom stereocenters. The second-order valence-electron chi connectivity index (χ2n) is 4.37. The van der Waals surface area contributed by atoms with Gasteiger partial charge in [-0.1, -0.05) is 0 Å². The fourth-order valence-corrected chi connectivity index (χ4v) is 1.99. The van der Waals surface area contributed by atoms with E-state index in [0.29, 0.717) is 16.5 Å². The average Bonchev–Trinajstić information content (AvgIpc) is 2.80. The molecule has 0 aliphatic carbocycles. The molecule has 2 rings (SSSR count). The van der Waals surface area contributed by atoms with E-state index in [2.05, 4.69) is 10.3 Å². The molecule has 0 saturated carbocycles. The highest BCUT2D eigenvalue weighted by molar-refractivity contribution is 5.87. The molecule has 7 heteroatoms. The second-order valence-corrected chi connectivity index (χ2v) is 4.37. The first-order valence-corrected chi connectivity index (χ1v) is 5.99. The van der Waals surface area contributed by atoms with Crippen molar-refractivity contribution in [1.29, 1.82) is 0 Å². The molecule has 0 saturated heterocycles. The molecule has 0 radical (unpaired) electrons. The van der Waals surface area contributed by atoms with Gasteiger partial charge in [0.2, 0.25) is 5.91 Å². The van der Waals surface area contributed by atoms with E-state index < -0.39 is 23.7 Å². The fraction of sp³-hybridized carbons (Fsp3) is 0.231. The van der Waals surface area contributed by atoms with Crippen molar-refractivity contribution in [3.8, 4) is 0 Å². The SMILES string of the molecule is NCC(=O)NC(Cc1c[nH]c2ccc(F)cc12)C(=O)O. The number of rotatable bonds is 5. The number of carboxylic acids is 1. The molecule has 0 aliphatic heterocycles. The summed E-state index contributed by atoms with van der Waals surface area (Å²) in [5.41, 5.74) is 6.46. The first-order chi connectivity index (χ1) is 9.51. The van der Waals surface area contributed by atoms with Crippen molar-refractivity contribution >= 4 is 22.8 Å². The molecule has 0 bridgehead atoms. The molecule has 2 aromatic rings. The zero-order valence-corrected chi connectivity index (χ0v) is 10.5. The van der Waals surface area contributed by atoms with Gasteiger partial charge in [-0.05, 0) is 23.8 Å². The van der Waals surface area contributed by atoms with Gasteiger partial charge in [-0.25, -0.2) is 9.18 Å². The Morgan fingerprint density at radius 1 is 1.45 bits per heavy atom. The van der Waals surface area contributed by atoms with E-state index in [4.69, 9.17) is 10.8 Å². The number of fused-ring (bicyclic) bond motifs is 1. The summed E-state index contributed by atoms with van der Waals surface area (Å²) in [4.78, 5) is 25.3. The fourth-order valence-electron chi connectivity index (χ4n) is 1.99. The van der Waals surface area contributed by atoms with Crippen molar-refractivity contribution in [2.45, 2.75) is 12.5 Å². The van der Waals surface area contributed by atoms with Crippen LogP contribution in [0.5, 0.6) is 0 Å². The summed E-state index contributed by atoms with van der Waals surface area (Å²) in [6.07, 6.45) is 1.65. The van der Waals surface area contributed by atoms with Gasteiger partial charge in [0.25, 0.3) is 0 Å². The van der Waals surface area contributed by atoms with E-state index in [1.54, 1.807) is 12.3 Å². The van der Waals surface area contributed by atoms with Gasteiger partial charge in [0.15, 0.2) is 0 Å². The Labute approximate surface area is 113 Å². The monoisotopic (exact) mass is 279 g/mol. The highest BCUT2D eigenvalue weighted by atomic mass is 19.1. The van der Waals surface area contributed by atoms with Crippen LogP contribution in [0.2, 0.25) is 0 Å². The number of aliphatic carboxylic acids is 1. The van der Waals surface area contributed by atoms with Gasteiger partial charge < -0.3 is 21.1 Å². The van der Waals surface area contributed by atoms with Crippen LogP contribution < -0.4 is 11.1 Å². The van der Waals surface area contributed by atoms with Crippen molar-refractivity contribution < 1.29 is 19.1 Å². The lowest BCUT2D eigenvalue weighted by Crippen LogP contribution is -2.44. The highest BCUT2D eigenvalue weighted by Gasteiger charge is 2.21. The van der Waals surface area contributed by atoms with Crippen LogP contribution in [0, 0.1) is 5.82 Å². The molecule has 1 heterocycles. The standard InChI is InChI=1S/C13H14FN3O3/c14-8-1-2-10-9(4-8)7(6-16-10)3-11(13(19)20)17-12(18)5-15/h1-2,4,6,11,16H,3,5,15H2,(H,17,18)(H,19,20). The molecule has 20 heavy (non-hydrogen) atoms. The number of nitrogens with two attached hydrogens (primary N) is 1. The van der Waals surface area contributed by atoms with Crippen LogP contribution in [0.3, 0.4) is 0 Å². The first kappa shape index (κ1) is 14.0. The van der Waals surface area contributed by atoms with Gasteiger partial charge in [0.1, 0.15) is 11.9 Å². The average molecular weight is 279 g/mol. The van der Waals surface area contributed by atoms with E-state index in [9.17, 15) is 14.0 Å². The Morgan fingerprint density at radius 3 is 2.85 bits per heavy atom. The predicted molar refractivity (Wildman–Crippen MR) is 70.6 cm³/mol. The number of H-pyrrole nitrogens is 1. The van der Waals surface area contributed by atoms with Gasteiger partial charge >= 0.3 is 5.97 Å². The van der Waals surface area contributed by atoms with E-state index in [1.165, 1.54) is 12.1 Å². The Balaban J connectivity index is 2.26. The van der Waals surface area contributed by atoms with Crippen molar-refractivity contribution in [2.24, 2.45) is 5.73 Å². The lowest BCUT2D eigenvalue weighted by molar-refractivity contribution is -0.141. The van der Waals surface area contributed by atoms with Crippen molar-refractivity contribution in [1.82, 2.24) is 10.3 Å². The van der Waals surface area contributed by atoms with Crippen LogP contribution >= 0.6 is 0 Å². The summed E-state index contributed by atoms with van der Waals surface area (Å²) in [7, 11) is 0. The van der Waals surface area contributed by atoms with Gasteiger partial charge in [-0.3, -0.25) is 4.79 Å². The minimum Gasteiger partial charge on any atom is -0.480 e. The van der Waals surface area contributed by atoms with Crippen molar-refractivity contribution in [2.75, 3.05) is 6.54 Å². The van der Waals surface area contributed by atoms with E-state index in [-0.39, 0.29) is 13.0 Å². The van der Waals surface area contributed by atoms with Crippen molar-refractivity contribution in [3.63, 3.8) is 0 Å². The summed E-state index contributed by atoms with van der Waals surface area (Å²) in [6.45, 7) is -0.285. The quantitative estimate of drug-likeness (QED) is 0.634. The molecule has 1 aromatic heterocycles. The summed E-state index contributed by atoms with van der Waals surface area (Å²) < 4.78 is 13.2. The number of aromatic nitrogens is 1. The van der Waals surface area contributed by atoms with Gasteiger partial charge in [0, 0.05) is 23.5 Å². The normalized spacial score (nSPS) is 12.3. The lowest BCUT2D eigenvalue weighted by Gasteiger charge is -2.13. The number of nitrogens with one attached hydrogen (secondary N) is 2. The second kappa shape index (κ2) is 5.70. The third kappa shape index (κ3) is 2.94. The van der Waals surface area contributed by atoms with Gasteiger partial charge in [-0.15, -0.1) is 0 Å². The minimum absolute atomic E-state index is 0.0462. The molecule has 6 nitrogen and oxygen atoms in total. The van der Waals surface area contributed by atoms with E-state index >= 15 is 0 Å². The summed E-state index contributed by atoms with van der Waals surface area (Å²) >= 11 is 0. The topological polar surface area (TPSA) is 108 Å². The number of halogens is 1. The zero-order valence-electron chi connectivity index (χ0n) is 10.5. The summed E-state index contributed by atoms with van der Waals surface area (Å²) in [5, 5.41) is 12.0. The molecule has 0 fully saturated rings. The van der Waals surface area contributed by atoms with Crippen LogP contribution in [-0.2, 0) is 16.0 Å². The molecule has 0 spiro atoms. The number of hydrogen-bond donors (Lipinski definition) is 4. The van der Waals surface area contributed by atoms with Crippen LogP contribution in [0.1, 0.15) is 5.56 Å². The smallest absolute Gasteiger partial charge is 0.326 e. The number of aromatic amines is 1. The highest BCUT2D eigenvalue weighted by Crippen LogP contribution is 2.20. The van der Waals surface area contributed by atoms with E-state index in [1.807, 2.05) is 0 Å². The lowest BCUT2D eigenvalue weighted by atomic mass is 10.0. The van der Waals surface area contributed by atoms with Crippen LogP contribution in [0.4, 0.5) is 4.39 Å². The zero-order chi connectivity index (χ0) is 14.7. The molecule has 5 N–H and O–H groups in total. The molecule has 106 valence electrons. The number of carboxylic acid groups (broad SMARTS) is 1. The number of hydrogen-bond acceptors (Lipinski definition) is 3. The third-order valence-electron chi connectivity index (χ3n) is 2.97. The number of benzene rings is 1. The van der Waals surface area contributed by atoms with Crippen LogP contribution in [0.25, 0.3) is 10.9 Å². The van der Waals surface area contributed by atoms with Crippen LogP contribution in [0.15, 0.2) is 24.4 Å². The Hall–Kier alpha value is -2.41. The molecular weight excluding hydrogens is 265 g/mol. The summed E-state index contributed by atoms with van der Waals surface area (Å²) in [6, 6.07) is 3.11. The van der Waals surface area contributed by atoms with Crippen molar-refractivity contribution in [3.05, 3.63) is 35.8 Å². The molecule has 1 aromatic carbocycles. The number of amides is 1. The summed E-state index contributed by atoms with van der Waals surface area (Å²) in [5.74, 6) is -2.13.